The van der Waals surface area contributed by atoms with Crippen molar-refractivity contribution >= 4 is 27.5 Å². The maximum absolute atomic E-state index is 13.0. The summed E-state index contributed by atoms with van der Waals surface area (Å²) in [6.07, 6.45) is 0.770. The Balaban J connectivity index is 2.20. The second-order valence-electron chi connectivity index (χ2n) is 6.58. The Labute approximate surface area is 169 Å². The highest BCUT2D eigenvalue weighted by Gasteiger charge is 2.21. The smallest absolute Gasteiger partial charge is 0.261 e. The molecule has 0 aliphatic heterocycles. The molecule has 0 heterocycles. The van der Waals surface area contributed by atoms with Gasteiger partial charge in [-0.25, -0.2) is 12.8 Å². The van der Waals surface area contributed by atoms with Crippen LogP contribution < -0.4 is 15.4 Å². The van der Waals surface area contributed by atoms with Crippen LogP contribution in [0.5, 0.6) is 0 Å². The number of hydrogen-bond acceptors (Lipinski definition) is 4. The van der Waals surface area contributed by atoms with Crippen LogP contribution in [0.2, 0.25) is 0 Å². The van der Waals surface area contributed by atoms with Crippen molar-refractivity contribution in [2.24, 2.45) is 0 Å². The molecule has 0 spiro atoms. The number of halogens is 1. The number of carbonyl (C=O) groups is 2. The van der Waals surface area contributed by atoms with Gasteiger partial charge in [0.05, 0.1) is 4.90 Å². The number of aryl methyl sites for hydroxylation is 1. The Morgan fingerprint density at radius 3 is 2.38 bits per heavy atom. The van der Waals surface area contributed by atoms with Crippen molar-refractivity contribution in [3.8, 4) is 0 Å². The standard InChI is InChI=1S/C20H24FN3O4S/c1-4-11-22-19(25)14(3)23-20(26)18-12-17(10-5-13(18)2)29(27,28)24-16-8-6-15(21)7-9-16/h5-10,12,14,24H,4,11H2,1-3H3,(H,22,25)(H,23,26)/t14-/m1/s1. The summed E-state index contributed by atoms with van der Waals surface area (Å²) >= 11 is 0. The quantitative estimate of drug-likeness (QED) is 0.609. The zero-order valence-electron chi connectivity index (χ0n) is 16.5. The van der Waals surface area contributed by atoms with Gasteiger partial charge in [-0.2, -0.15) is 0 Å². The van der Waals surface area contributed by atoms with Gasteiger partial charge in [0.15, 0.2) is 0 Å². The van der Waals surface area contributed by atoms with Gasteiger partial charge in [-0.05, 0) is 62.2 Å². The number of nitrogens with one attached hydrogen (secondary N) is 3. The van der Waals surface area contributed by atoms with Crippen molar-refractivity contribution < 1.29 is 22.4 Å². The van der Waals surface area contributed by atoms with Crippen LogP contribution in [-0.2, 0) is 14.8 Å². The molecular weight excluding hydrogens is 397 g/mol. The average molecular weight is 421 g/mol. The Bertz CT molecular complexity index is 991. The van der Waals surface area contributed by atoms with Crippen LogP contribution in [0.15, 0.2) is 47.4 Å². The number of hydrogen-bond donors (Lipinski definition) is 3. The maximum atomic E-state index is 13.0. The fourth-order valence-corrected chi connectivity index (χ4v) is 3.57. The minimum Gasteiger partial charge on any atom is -0.354 e. The molecule has 0 fully saturated rings. The third-order valence-corrected chi connectivity index (χ3v) is 5.53. The number of anilines is 1. The summed E-state index contributed by atoms with van der Waals surface area (Å²) < 4.78 is 40.6. The third-order valence-electron chi connectivity index (χ3n) is 4.15. The van der Waals surface area contributed by atoms with E-state index in [2.05, 4.69) is 15.4 Å². The summed E-state index contributed by atoms with van der Waals surface area (Å²) in [5.41, 5.74) is 0.894. The molecule has 0 saturated carbocycles. The van der Waals surface area contributed by atoms with Gasteiger partial charge in [-0.3, -0.25) is 14.3 Å². The van der Waals surface area contributed by atoms with Crippen LogP contribution in [0.4, 0.5) is 10.1 Å². The average Bonchev–Trinajstić information content (AvgIpc) is 2.67. The molecule has 0 saturated heterocycles. The van der Waals surface area contributed by atoms with Gasteiger partial charge >= 0.3 is 0 Å². The van der Waals surface area contributed by atoms with E-state index < -0.39 is 27.8 Å². The fourth-order valence-electron chi connectivity index (χ4n) is 2.49. The summed E-state index contributed by atoms with van der Waals surface area (Å²) in [4.78, 5) is 24.4. The second kappa shape index (κ2) is 9.51. The van der Waals surface area contributed by atoms with Crippen LogP contribution in [-0.4, -0.2) is 32.8 Å². The van der Waals surface area contributed by atoms with E-state index in [1.54, 1.807) is 13.8 Å². The van der Waals surface area contributed by atoms with Crippen molar-refractivity contribution in [3.05, 3.63) is 59.4 Å². The highest BCUT2D eigenvalue weighted by Crippen LogP contribution is 2.20. The van der Waals surface area contributed by atoms with E-state index in [0.29, 0.717) is 12.1 Å². The number of carbonyl (C=O) groups excluding carboxylic acids is 2. The van der Waals surface area contributed by atoms with Gasteiger partial charge < -0.3 is 10.6 Å². The maximum Gasteiger partial charge on any atom is 0.261 e. The van der Waals surface area contributed by atoms with E-state index in [1.807, 2.05) is 6.92 Å². The Morgan fingerprint density at radius 1 is 1.10 bits per heavy atom. The SMILES string of the molecule is CCCNC(=O)[C@@H](C)NC(=O)c1cc(S(=O)(=O)Nc2ccc(F)cc2)ccc1C. The monoisotopic (exact) mass is 421 g/mol. The van der Waals surface area contributed by atoms with Gasteiger partial charge in [0.25, 0.3) is 15.9 Å². The molecule has 0 aromatic heterocycles. The molecule has 9 heteroatoms. The van der Waals surface area contributed by atoms with Crippen LogP contribution in [0.3, 0.4) is 0 Å². The lowest BCUT2D eigenvalue weighted by molar-refractivity contribution is -0.122. The molecule has 2 amide bonds. The second-order valence-corrected chi connectivity index (χ2v) is 8.26. The highest BCUT2D eigenvalue weighted by molar-refractivity contribution is 7.92. The highest BCUT2D eigenvalue weighted by atomic mass is 32.2. The van der Waals surface area contributed by atoms with Gasteiger partial charge in [-0.1, -0.05) is 13.0 Å². The zero-order valence-corrected chi connectivity index (χ0v) is 17.3. The van der Waals surface area contributed by atoms with Crippen molar-refractivity contribution in [1.29, 1.82) is 0 Å². The minimum absolute atomic E-state index is 0.124. The van der Waals surface area contributed by atoms with E-state index in [4.69, 9.17) is 0 Å². The molecule has 0 aliphatic carbocycles. The fraction of sp³-hybridized carbons (Fsp3) is 0.300. The predicted molar refractivity (Wildman–Crippen MR) is 109 cm³/mol. The van der Waals surface area contributed by atoms with Gasteiger partial charge in [0.1, 0.15) is 11.9 Å². The third kappa shape index (κ3) is 6.02. The number of amides is 2. The summed E-state index contributed by atoms with van der Waals surface area (Å²) in [7, 11) is -3.99. The molecule has 7 nitrogen and oxygen atoms in total. The number of sulfonamides is 1. The summed E-state index contributed by atoms with van der Waals surface area (Å²) in [6, 6.07) is 8.22. The summed E-state index contributed by atoms with van der Waals surface area (Å²) in [6.45, 7) is 5.63. The van der Waals surface area contributed by atoms with Gasteiger partial charge in [0.2, 0.25) is 5.91 Å². The van der Waals surface area contributed by atoms with Crippen LogP contribution >= 0.6 is 0 Å². The van der Waals surface area contributed by atoms with Gasteiger partial charge in [-0.15, -0.1) is 0 Å². The molecule has 3 N–H and O–H groups in total. The largest absolute Gasteiger partial charge is 0.354 e. The molecule has 29 heavy (non-hydrogen) atoms. The van der Waals surface area contributed by atoms with Crippen LogP contribution in [0, 0.1) is 12.7 Å². The van der Waals surface area contributed by atoms with Crippen molar-refractivity contribution in [3.63, 3.8) is 0 Å². The molecule has 0 unspecified atom stereocenters. The zero-order chi connectivity index (χ0) is 21.6. The Morgan fingerprint density at radius 2 is 1.76 bits per heavy atom. The summed E-state index contributed by atoms with van der Waals surface area (Å²) in [5, 5.41) is 5.26. The van der Waals surface area contributed by atoms with Crippen molar-refractivity contribution in [1.82, 2.24) is 10.6 Å². The molecule has 1 atom stereocenters. The van der Waals surface area contributed by atoms with E-state index in [1.165, 1.54) is 30.3 Å². The first-order chi connectivity index (χ1) is 13.6. The lowest BCUT2D eigenvalue weighted by atomic mass is 10.1. The Hall–Kier alpha value is -2.94. The first-order valence-electron chi connectivity index (χ1n) is 9.11. The molecule has 0 radical (unpaired) electrons. The van der Waals surface area contributed by atoms with Gasteiger partial charge in [0, 0.05) is 17.8 Å². The molecule has 156 valence electrons. The van der Waals surface area contributed by atoms with Crippen molar-refractivity contribution in [2.75, 3.05) is 11.3 Å². The topological polar surface area (TPSA) is 104 Å². The first kappa shape index (κ1) is 22.4. The van der Waals surface area contributed by atoms with E-state index in [0.717, 1.165) is 18.6 Å². The molecule has 2 aromatic rings. The minimum atomic E-state index is -3.99. The van der Waals surface area contributed by atoms with Crippen LogP contribution in [0.25, 0.3) is 0 Å². The lowest BCUT2D eigenvalue weighted by Gasteiger charge is -2.16. The van der Waals surface area contributed by atoms with Crippen molar-refractivity contribution in [2.45, 2.75) is 38.1 Å². The van der Waals surface area contributed by atoms with E-state index >= 15 is 0 Å². The first-order valence-corrected chi connectivity index (χ1v) is 10.6. The molecule has 0 aliphatic rings. The van der Waals surface area contributed by atoms with E-state index in [9.17, 15) is 22.4 Å². The molecule has 2 rings (SSSR count). The predicted octanol–water partition coefficient (Wildman–Crippen LogP) is 2.58. The lowest BCUT2D eigenvalue weighted by Crippen LogP contribution is -2.45. The number of rotatable bonds is 8. The van der Waals surface area contributed by atoms with Crippen LogP contribution in [0.1, 0.15) is 36.2 Å². The normalized spacial score (nSPS) is 12.1. The molecule has 2 aromatic carbocycles. The molecular formula is C20H24FN3O4S. The number of benzene rings is 2. The Kier molecular flexibility index (Phi) is 7.33. The summed E-state index contributed by atoms with van der Waals surface area (Å²) in [5.74, 6) is -1.36. The molecule has 0 bridgehead atoms. The van der Waals surface area contributed by atoms with E-state index in [-0.39, 0.29) is 22.1 Å².